The molecule has 0 saturated carbocycles. The lowest BCUT2D eigenvalue weighted by molar-refractivity contribution is -0.140. The van der Waals surface area contributed by atoms with E-state index in [-0.39, 0.29) is 12.8 Å². The van der Waals surface area contributed by atoms with Gasteiger partial charge in [0.2, 0.25) is 6.16 Å². The van der Waals surface area contributed by atoms with Gasteiger partial charge in [0.1, 0.15) is 6.61 Å². The Bertz CT molecular complexity index is 108. The molecule has 0 spiro atoms. The van der Waals surface area contributed by atoms with Crippen molar-refractivity contribution in [3.63, 3.8) is 0 Å². The second-order valence-corrected chi connectivity index (χ2v) is 2.57. The zero-order valence-corrected chi connectivity index (χ0v) is 5.93. The van der Waals surface area contributed by atoms with E-state index in [0.717, 1.165) is 0 Å². The van der Waals surface area contributed by atoms with Crippen LogP contribution in [0.15, 0.2) is 0 Å². The Morgan fingerprint density at radius 2 is 2.33 bits per heavy atom. The molecular weight excluding hydrogens is 143 g/mol. The third-order valence-electron chi connectivity index (χ3n) is 0.588. The van der Waals surface area contributed by atoms with E-state index in [4.69, 9.17) is 4.89 Å². The van der Waals surface area contributed by atoms with Crippen molar-refractivity contribution >= 4 is 14.0 Å². The second kappa shape index (κ2) is 4.41. The number of hydrogen-bond acceptors (Lipinski definition) is 3. The molecule has 0 rings (SSSR count). The summed E-state index contributed by atoms with van der Waals surface area (Å²) in [5.41, 5.74) is 0. The summed E-state index contributed by atoms with van der Waals surface area (Å²) in [5, 5.41) is 0. The van der Waals surface area contributed by atoms with Crippen LogP contribution in [0.25, 0.3) is 0 Å². The molecule has 5 heteroatoms. The summed E-state index contributed by atoms with van der Waals surface area (Å²) in [6.45, 7) is 1.28. The maximum atomic E-state index is 10.0. The normalized spacial score (nSPS) is 10.7. The Labute approximate surface area is 53.7 Å². The number of ether oxygens (including phenoxy) is 1. The molecule has 52 valence electrons. The van der Waals surface area contributed by atoms with Crippen molar-refractivity contribution in [3.8, 4) is 0 Å². The molecule has 1 N–H and O–H groups in total. The predicted octanol–water partition coefficient (Wildman–Crippen LogP) is 0.284. The van der Waals surface area contributed by atoms with Crippen LogP contribution in [0.1, 0.15) is 6.92 Å². The first-order chi connectivity index (χ1) is 4.13. The first-order valence-corrected chi connectivity index (χ1v) is 3.79. The molecule has 0 heterocycles. The fourth-order valence-electron chi connectivity index (χ4n) is 0.267. The summed E-state index contributed by atoms with van der Waals surface area (Å²) in [7, 11) is -2.16. The maximum Gasteiger partial charge on any atom is 0.509 e. The largest absolute Gasteiger partial charge is 0.509 e. The van der Waals surface area contributed by atoms with Crippen LogP contribution in [0.5, 0.6) is 0 Å². The monoisotopic (exact) mass is 151 g/mol. The van der Waals surface area contributed by atoms with Crippen molar-refractivity contribution in [3.05, 3.63) is 0 Å². The molecule has 0 aromatic heterocycles. The van der Waals surface area contributed by atoms with E-state index in [1.54, 1.807) is 0 Å². The van der Waals surface area contributed by atoms with Crippen molar-refractivity contribution < 1.29 is 19.0 Å². The highest BCUT2D eigenvalue weighted by molar-refractivity contribution is 7.38. The Hall–Kier alpha value is -0.470. The van der Waals surface area contributed by atoms with Crippen molar-refractivity contribution in [2.24, 2.45) is 0 Å². The Kier molecular flexibility index (Phi) is 4.18. The van der Waals surface area contributed by atoms with Gasteiger partial charge >= 0.3 is 14.0 Å². The van der Waals surface area contributed by atoms with Gasteiger partial charge in [-0.3, -0.25) is 4.79 Å². The molecule has 0 aliphatic carbocycles. The quantitative estimate of drug-likeness (QED) is 0.465. The Morgan fingerprint density at radius 3 is 2.67 bits per heavy atom. The van der Waals surface area contributed by atoms with Gasteiger partial charge < -0.3 is 4.74 Å². The molecule has 0 amide bonds. The van der Waals surface area contributed by atoms with Crippen LogP contribution in [-0.4, -0.2) is 23.6 Å². The summed E-state index contributed by atoms with van der Waals surface area (Å²) >= 11 is 0. The van der Waals surface area contributed by atoms with Crippen LogP contribution in [0.4, 0.5) is 0 Å². The molecule has 0 fully saturated rings. The summed E-state index contributed by atoms with van der Waals surface area (Å²) in [6, 6.07) is 0. The minimum Gasteiger partial charge on any atom is -0.461 e. The SMILES string of the molecule is CC(=O)OCC[P+](=O)O. The van der Waals surface area contributed by atoms with Crippen molar-refractivity contribution in [2.45, 2.75) is 6.92 Å². The van der Waals surface area contributed by atoms with Crippen LogP contribution in [0.2, 0.25) is 0 Å². The van der Waals surface area contributed by atoms with E-state index in [0.29, 0.717) is 0 Å². The van der Waals surface area contributed by atoms with E-state index in [1.165, 1.54) is 6.92 Å². The molecule has 0 aliphatic rings. The van der Waals surface area contributed by atoms with Gasteiger partial charge in [0.15, 0.2) is 0 Å². The molecule has 9 heavy (non-hydrogen) atoms. The summed E-state index contributed by atoms with van der Waals surface area (Å²) in [5.74, 6) is -0.424. The van der Waals surface area contributed by atoms with Gasteiger partial charge in [-0.1, -0.05) is 0 Å². The van der Waals surface area contributed by atoms with E-state index < -0.39 is 14.0 Å². The zero-order valence-electron chi connectivity index (χ0n) is 5.03. The molecular formula is C4H8O4P+. The highest BCUT2D eigenvalue weighted by Crippen LogP contribution is 2.10. The highest BCUT2D eigenvalue weighted by Gasteiger charge is 2.09. The van der Waals surface area contributed by atoms with E-state index in [1.807, 2.05) is 0 Å². The number of carbonyl (C=O) groups excluding carboxylic acids is 1. The summed E-state index contributed by atoms with van der Waals surface area (Å²) in [6.07, 6.45) is 0.0227. The van der Waals surface area contributed by atoms with Gasteiger partial charge in [-0.15, -0.1) is 0 Å². The molecule has 0 aromatic rings. The third-order valence-corrected chi connectivity index (χ3v) is 1.15. The van der Waals surface area contributed by atoms with Gasteiger partial charge in [-0.05, 0) is 4.57 Å². The average Bonchev–Trinajstić information content (AvgIpc) is 1.63. The number of hydrogen-bond donors (Lipinski definition) is 1. The molecule has 4 nitrogen and oxygen atoms in total. The molecule has 0 aliphatic heterocycles. The van der Waals surface area contributed by atoms with Crippen molar-refractivity contribution in [1.82, 2.24) is 0 Å². The average molecular weight is 151 g/mol. The van der Waals surface area contributed by atoms with Gasteiger partial charge in [0, 0.05) is 6.92 Å². The standard InChI is InChI=1S/C4H7O4P/c1-4(5)8-2-3-9(6)7/h2-3H2,1H3/p+1. The lowest BCUT2D eigenvalue weighted by Crippen LogP contribution is -2.01. The Balaban J connectivity index is 3.10. The molecule has 1 atom stereocenters. The van der Waals surface area contributed by atoms with Crippen LogP contribution in [0.3, 0.4) is 0 Å². The Morgan fingerprint density at radius 1 is 1.78 bits per heavy atom. The maximum absolute atomic E-state index is 10.0. The molecule has 0 radical (unpaired) electrons. The van der Waals surface area contributed by atoms with Gasteiger partial charge in [-0.2, -0.15) is 4.89 Å². The first-order valence-electron chi connectivity index (χ1n) is 2.40. The first kappa shape index (κ1) is 8.53. The third kappa shape index (κ3) is 7.53. The minimum atomic E-state index is -2.16. The minimum absolute atomic E-state index is 0.0227. The van der Waals surface area contributed by atoms with Crippen LogP contribution >= 0.6 is 8.03 Å². The summed E-state index contributed by atoms with van der Waals surface area (Å²) < 4.78 is 14.3. The summed E-state index contributed by atoms with van der Waals surface area (Å²) in [4.78, 5) is 18.2. The van der Waals surface area contributed by atoms with Crippen molar-refractivity contribution in [2.75, 3.05) is 12.8 Å². The number of rotatable bonds is 3. The molecule has 0 saturated heterocycles. The molecule has 0 aromatic carbocycles. The zero-order chi connectivity index (χ0) is 7.28. The predicted molar refractivity (Wildman–Crippen MR) is 31.3 cm³/mol. The van der Waals surface area contributed by atoms with E-state index in [2.05, 4.69) is 4.74 Å². The van der Waals surface area contributed by atoms with Gasteiger partial charge in [0.05, 0.1) is 0 Å². The lowest BCUT2D eigenvalue weighted by atomic mass is 10.8. The van der Waals surface area contributed by atoms with Crippen LogP contribution in [-0.2, 0) is 14.1 Å². The van der Waals surface area contributed by atoms with E-state index >= 15 is 0 Å². The fraction of sp³-hybridized carbons (Fsp3) is 0.750. The number of carbonyl (C=O) groups is 1. The van der Waals surface area contributed by atoms with Crippen LogP contribution < -0.4 is 0 Å². The van der Waals surface area contributed by atoms with E-state index in [9.17, 15) is 9.36 Å². The van der Waals surface area contributed by atoms with Gasteiger partial charge in [0.25, 0.3) is 0 Å². The smallest absolute Gasteiger partial charge is 0.461 e. The van der Waals surface area contributed by atoms with Crippen LogP contribution in [0, 0.1) is 0 Å². The van der Waals surface area contributed by atoms with Gasteiger partial charge in [-0.25, -0.2) is 0 Å². The topological polar surface area (TPSA) is 63.6 Å². The fourth-order valence-corrected chi connectivity index (χ4v) is 0.515. The molecule has 1 unspecified atom stereocenters. The lowest BCUT2D eigenvalue weighted by Gasteiger charge is -1.91. The van der Waals surface area contributed by atoms with Crippen molar-refractivity contribution in [1.29, 1.82) is 0 Å². The second-order valence-electron chi connectivity index (χ2n) is 1.42. The molecule has 0 bridgehead atoms. The number of esters is 1. The highest BCUT2D eigenvalue weighted by atomic mass is 31.1.